The first kappa shape index (κ1) is 11.8. The minimum atomic E-state index is 0.254. The average molecular weight is 411 g/mol. The van der Waals surface area contributed by atoms with Crippen LogP contribution in [0.5, 0.6) is 0 Å². The van der Waals surface area contributed by atoms with Crippen molar-refractivity contribution in [3.8, 4) is 0 Å². The normalized spacial score (nSPS) is 12.7. The first-order valence-corrected chi connectivity index (χ1v) is 7.64. The summed E-state index contributed by atoms with van der Waals surface area (Å²) in [5, 5.41) is 0. The quantitative estimate of drug-likeness (QED) is 0.552. The van der Waals surface area contributed by atoms with Crippen molar-refractivity contribution < 1.29 is 0 Å². The number of hydrogen-bond acceptors (Lipinski definition) is 1. The Morgan fingerprint density at radius 3 is 2.33 bits per heavy atom. The Morgan fingerprint density at radius 1 is 1.00 bits per heavy atom. The predicted molar refractivity (Wildman–Crippen MR) is 76.9 cm³/mol. The van der Waals surface area contributed by atoms with Crippen LogP contribution in [0.15, 0.2) is 44.7 Å². The van der Waals surface area contributed by atoms with Gasteiger partial charge in [0.25, 0.3) is 0 Å². The summed E-state index contributed by atoms with van der Waals surface area (Å²) in [6.45, 7) is 0. The van der Waals surface area contributed by atoms with E-state index in [9.17, 15) is 0 Å². The molecule has 0 radical (unpaired) electrons. The molecular weight excluding hydrogens is 404 g/mol. The highest BCUT2D eigenvalue weighted by atomic mass is 79.9. The van der Waals surface area contributed by atoms with Crippen molar-refractivity contribution in [1.82, 2.24) is 0 Å². The van der Waals surface area contributed by atoms with Crippen LogP contribution in [0, 0.1) is 0 Å². The van der Waals surface area contributed by atoms with Crippen LogP contribution in [0.4, 0.5) is 0 Å². The van der Waals surface area contributed by atoms with Gasteiger partial charge in [0.1, 0.15) is 0 Å². The predicted octanol–water partition coefficient (Wildman–Crippen LogP) is 5.76. The number of hydrogen-bond donors (Lipinski definition) is 0. The summed E-state index contributed by atoms with van der Waals surface area (Å²) in [6.07, 6.45) is 0. The molecule has 2 aromatic rings. The number of alkyl halides is 1. The van der Waals surface area contributed by atoms with Crippen LogP contribution in [0.2, 0.25) is 0 Å². The lowest BCUT2D eigenvalue weighted by Gasteiger charge is -2.09. The van der Waals surface area contributed by atoms with Gasteiger partial charge in [-0.05, 0) is 39.7 Å². The number of rotatable bonds is 2. The third kappa shape index (κ3) is 2.73. The van der Waals surface area contributed by atoms with E-state index in [1.54, 1.807) is 11.3 Å². The fourth-order valence-corrected chi connectivity index (χ4v) is 4.37. The number of halogens is 3. The molecule has 1 aromatic carbocycles. The van der Waals surface area contributed by atoms with Crippen LogP contribution < -0.4 is 0 Å². The SMILES string of the molecule is Brc1ccc(C(Br)c2ccccc2Br)s1. The molecule has 15 heavy (non-hydrogen) atoms. The molecule has 1 heterocycles. The first-order chi connectivity index (χ1) is 7.18. The molecule has 0 spiro atoms. The van der Waals surface area contributed by atoms with Gasteiger partial charge in [0, 0.05) is 9.35 Å². The van der Waals surface area contributed by atoms with E-state index >= 15 is 0 Å². The van der Waals surface area contributed by atoms with E-state index in [0.29, 0.717) is 0 Å². The first-order valence-electron chi connectivity index (χ1n) is 4.32. The molecule has 4 heteroatoms. The van der Waals surface area contributed by atoms with Crippen LogP contribution in [0.1, 0.15) is 15.3 Å². The van der Waals surface area contributed by atoms with Crippen LogP contribution in [-0.4, -0.2) is 0 Å². The minimum absolute atomic E-state index is 0.254. The highest BCUT2D eigenvalue weighted by molar-refractivity contribution is 9.11. The largest absolute Gasteiger partial charge is 0.132 e. The van der Waals surface area contributed by atoms with E-state index in [4.69, 9.17) is 0 Å². The Morgan fingerprint density at radius 2 is 1.73 bits per heavy atom. The second-order valence-electron chi connectivity index (χ2n) is 3.03. The zero-order valence-electron chi connectivity index (χ0n) is 7.58. The molecule has 0 saturated carbocycles. The Balaban J connectivity index is 2.36. The highest BCUT2D eigenvalue weighted by Gasteiger charge is 2.14. The Bertz CT molecular complexity index is 464. The molecular formula is C11H7Br3S. The fourth-order valence-electron chi connectivity index (χ4n) is 1.30. The second kappa shape index (κ2) is 5.13. The third-order valence-electron chi connectivity index (χ3n) is 2.02. The van der Waals surface area contributed by atoms with Crippen molar-refractivity contribution in [3.05, 3.63) is 55.1 Å². The molecule has 1 atom stereocenters. The molecule has 2 rings (SSSR count). The van der Waals surface area contributed by atoms with Gasteiger partial charge in [-0.3, -0.25) is 0 Å². The maximum absolute atomic E-state index is 3.72. The van der Waals surface area contributed by atoms with Crippen LogP contribution in [0.3, 0.4) is 0 Å². The molecule has 0 aliphatic rings. The fraction of sp³-hybridized carbons (Fsp3) is 0.0909. The summed E-state index contributed by atoms with van der Waals surface area (Å²) in [5.41, 5.74) is 1.26. The van der Waals surface area contributed by atoms with Crippen molar-refractivity contribution in [3.63, 3.8) is 0 Å². The molecule has 0 fully saturated rings. The van der Waals surface area contributed by atoms with Crippen LogP contribution in [0.25, 0.3) is 0 Å². The maximum atomic E-state index is 3.72. The van der Waals surface area contributed by atoms with Gasteiger partial charge in [0.2, 0.25) is 0 Å². The number of benzene rings is 1. The summed E-state index contributed by atoms with van der Waals surface area (Å²) in [5.74, 6) is 0. The third-order valence-corrected chi connectivity index (χ3v) is 5.72. The summed E-state index contributed by atoms with van der Waals surface area (Å²) >= 11 is 12.5. The monoisotopic (exact) mass is 408 g/mol. The Hall–Kier alpha value is 0.360. The standard InChI is InChI=1S/C11H7Br3S/c12-8-4-2-1-3-7(8)11(14)9-5-6-10(13)15-9/h1-6,11H. The summed E-state index contributed by atoms with van der Waals surface area (Å²) in [4.78, 5) is 1.55. The summed E-state index contributed by atoms with van der Waals surface area (Å²) < 4.78 is 2.30. The molecule has 0 amide bonds. The van der Waals surface area contributed by atoms with Gasteiger partial charge < -0.3 is 0 Å². The van der Waals surface area contributed by atoms with Gasteiger partial charge in [0.05, 0.1) is 8.61 Å². The van der Waals surface area contributed by atoms with E-state index in [1.807, 2.05) is 6.07 Å². The van der Waals surface area contributed by atoms with Crippen molar-refractivity contribution in [2.45, 2.75) is 4.83 Å². The smallest absolute Gasteiger partial charge is 0.0749 e. The minimum Gasteiger partial charge on any atom is -0.132 e. The lowest BCUT2D eigenvalue weighted by atomic mass is 10.1. The molecule has 1 aromatic heterocycles. The molecule has 78 valence electrons. The van der Waals surface area contributed by atoms with Crippen LogP contribution >= 0.6 is 59.1 Å². The highest BCUT2D eigenvalue weighted by Crippen LogP contribution is 2.39. The van der Waals surface area contributed by atoms with Gasteiger partial charge in [-0.1, -0.05) is 50.1 Å². The van der Waals surface area contributed by atoms with Gasteiger partial charge >= 0.3 is 0 Å². The maximum Gasteiger partial charge on any atom is 0.0749 e. The van der Waals surface area contributed by atoms with Crippen molar-refractivity contribution in [2.24, 2.45) is 0 Å². The van der Waals surface area contributed by atoms with Gasteiger partial charge in [0.15, 0.2) is 0 Å². The lowest BCUT2D eigenvalue weighted by molar-refractivity contribution is 1.21. The van der Waals surface area contributed by atoms with Gasteiger partial charge in [-0.2, -0.15) is 0 Å². The van der Waals surface area contributed by atoms with Crippen molar-refractivity contribution in [1.29, 1.82) is 0 Å². The van der Waals surface area contributed by atoms with Crippen LogP contribution in [-0.2, 0) is 0 Å². The second-order valence-corrected chi connectivity index (χ2v) is 7.29. The zero-order valence-corrected chi connectivity index (χ0v) is 13.2. The molecule has 1 unspecified atom stereocenters. The summed E-state index contributed by atoms with van der Waals surface area (Å²) in [6, 6.07) is 12.5. The van der Waals surface area contributed by atoms with Crippen molar-refractivity contribution >= 4 is 59.1 Å². The van der Waals surface area contributed by atoms with Crippen molar-refractivity contribution in [2.75, 3.05) is 0 Å². The van der Waals surface area contributed by atoms with Gasteiger partial charge in [-0.25, -0.2) is 0 Å². The Kier molecular flexibility index (Phi) is 4.04. The van der Waals surface area contributed by atoms with E-state index < -0.39 is 0 Å². The molecule has 0 N–H and O–H groups in total. The molecule has 0 aliphatic carbocycles. The topological polar surface area (TPSA) is 0 Å². The average Bonchev–Trinajstić information content (AvgIpc) is 2.65. The van der Waals surface area contributed by atoms with E-state index in [-0.39, 0.29) is 4.83 Å². The van der Waals surface area contributed by atoms with E-state index in [1.165, 1.54) is 10.4 Å². The molecule has 0 saturated heterocycles. The molecule has 0 aliphatic heterocycles. The lowest BCUT2D eigenvalue weighted by Crippen LogP contribution is -1.90. The summed E-state index contributed by atoms with van der Waals surface area (Å²) in [7, 11) is 0. The number of thiophene rings is 1. The van der Waals surface area contributed by atoms with E-state index in [0.717, 1.165) is 8.26 Å². The Labute approximate surface area is 118 Å². The van der Waals surface area contributed by atoms with E-state index in [2.05, 4.69) is 78.1 Å². The molecule has 0 bridgehead atoms. The van der Waals surface area contributed by atoms with Gasteiger partial charge in [-0.15, -0.1) is 11.3 Å². The molecule has 0 nitrogen and oxygen atoms in total. The zero-order chi connectivity index (χ0) is 10.8.